The molecule has 0 spiro atoms. The summed E-state index contributed by atoms with van der Waals surface area (Å²) >= 11 is 1.50. The molecule has 3 aromatic heterocycles. The van der Waals surface area contributed by atoms with Crippen LogP contribution in [-0.2, 0) is 25.7 Å². The first kappa shape index (κ1) is 26.6. The number of aryl methyl sites for hydroxylation is 1. The number of carbonyl (C=O) groups is 1. The number of nitrogens with zero attached hydrogens (tertiary/aromatic N) is 6. The third kappa shape index (κ3) is 6.02. The van der Waals surface area contributed by atoms with Gasteiger partial charge in [-0.2, -0.15) is 23.1 Å². The van der Waals surface area contributed by atoms with E-state index in [1.165, 1.54) is 35.6 Å². The standard InChI is InChI=1S/C24H23F4N7O3S/c1-2-3-16-12-17-19(34-9-10-35-18(13-34)32-33-21(35)24(26,27)28)30-22(31-20(17)39-16)37-11-8-29-23(36)38-15-6-4-14(25)5-7-15/h4-7,12H,2-3,8-11,13H2,1H3,(H,29,36). The third-order valence-corrected chi connectivity index (χ3v) is 6.92. The molecular formula is C24H23F4N7O3S. The molecule has 0 unspecified atom stereocenters. The van der Waals surface area contributed by atoms with Crippen LogP contribution in [0, 0.1) is 5.82 Å². The van der Waals surface area contributed by atoms with Crippen molar-refractivity contribution < 1.29 is 31.8 Å². The number of benzene rings is 1. The summed E-state index contributed by atoms with van der Waals surface area (Å²) in [4.78, 5) is 24.7. The summed E-state index contributed by atoms with van der Waals surface area (Å²) in [6.07, 6.45) is -3.54. The molecule has 1 aliphatic rings. The van der Waals surface area contributed by atoms with Gasteiger partial charge in [-0.15, -0.1) is 21.5 Å². The second-order valence-corrected chi connectivity index (χ2v) is 9.76. The molecular weight excluding hydrogens is 542 g/mol. The van der Waals surface area contributed by atoms with Crippen molar-refractivity contribution in [1.82, 2.24) is 30.0 Å². The van der Waals surface area contributed by atoms with Crippen LogP contribution < -0.4 is 19.7 Å². The summed E-state index contributed by atoms with van der Waals surface area (Å²) < 4.78 is 64.6. The Kier molecular flexibility index (Phi) is 7.50. The molecule has 39 heavy (non-hydrogen) atoms. The minimum atomic E-state index is -4.58. The maximum absolute atomic E-state index is 13.3. The van der Waals surface area contributed by atoms with Gasteiger partial charge in [-0.3, -0.25) is 0 Å². The molecule has 4 heterocycles. The van der Waals surface area contributed by atoms with Gasteiger partial charge in [0, 0.05) is 18.0 Å². The summed E-state index contributed by atoms with van der Waals surface area (Å²) in [5.74, 6) is -0.554. The minimum absolute atomic E-state index is 0.0277. The van der Waals surface area contributed by atoms with Crippen LogP contribution >= 0.6 is 11.3 Å². The molecule has 1 aromatic carbocycles. The van der Waals surface area contributed by atoms with E-state index in [0.29, 0.717) is 10.6 Å². The highest BCUT2D eigenvalue weighted by molar-refractivity contribution is 7.18. The number of thiophene rings is 1. The van der Waals surface area contributed by atoms with Gasteiger partial charge >= 0.3 is 18.3 Å². The average molecular weight is 566 g/mol. The number of alkyl halides is 3. The van der Waals surface area contributed by atoms with Crippen LogP contribution in [0.1, 0.15) is 29.9 Å². The van der Waals surface area contributed by atoms with Crippen molar-refractivity contribution in [2.45, 2.75) is 39.0 Å². The Hall–Kier alpha value is -4.01. The maximum Gasteiger partial charge on any atom is 0.451 e. The van der Waals surface area contributed by atoms with Crippen molar-refractivity contribution in [2.24, 2.45) is 0 Å². The van der Waals surface area contributed by atoms with Crippen molar-refractivity contribution in [3.05, 3.63) is 52.7 Å². The number of aromatic nitrogens is 5. The van der Waals surface area contributed by atoms with Crippen LogP contribution in [-0.4, -0.2) is 50.5 Å². The molecule has 5 rings (SSSR count). The van der Waals surface area contributed by atoms with Gasteiger partial charge in [0.25, 0.3) is 0 Å². The summed E-state index contributed by atoms with van der Waals surface area (Å²) in [5, 5.41) is 10.4. The van der Waals surface area contributed by atoms with Gasteiger partial charge in [0.1, 0.15) is 28.8 Å². The Labute approximate surface area is 223 Å². The number of ether oxygens (including phenoxy) is 2. The van der Waals surface area contributed by atoms with Gasteiger partial charge in [-0.05, 0) is 36.8 Å². The summed E-state index contributed by atoms with van der Waals surface area (Å²) in [7, 11) is 0. The van der Waals surface area contributed by atoms with E-state index >= 15 is 0 Å². The van der Waals surface area contributed by atoms with Gasteiger partial charge < -0.3 is 24.3 Å². The number of rotatable bonds is 8. The quantitative estimate of drug-likeness (QED) is 0.244. The van der Waals surface area contributed by atoms with Gasteiger partial charge in [-0.1, -0.05) is 13.3 Å². The molecule has 0 radical (unpaired) electrons. The lowest BCUT2D eigenvalue weighted by molar-refractivity contribution is -0.147. The summed E-state index contributed by atoms with van der Waals surface area (Å²) in [6.45, 7) is 2.56. The van der Waals surface area contributed by atoms with Gasteiger partial charge in [0.05, 0.1) is 18.5 Å². The SMILES string of the molecule is CCCc1cc2c(N3CCn4c(nnc4C(F)(F)F)C3)nc(OCCNC(=O)Oc3ccc(F)cc3)nc2s1. The Bertz CT molecular complexity index is 1470. The van der Waals surface area contributed by atoms with Crippen molar-refractivity contribution in [2.75, 3.05) is 24.6 Å². The predicted molar refractivity (Wildman–Crippen MR) is 133 cm³/mol. The van der Waals surface area contributed by atoms with E-state index < -0.39 is 23.9 Å². The highest BCUT2D eigenvalue weighted by atomic mass is 32.1. The fourth-order valence-electron chi connectivity index (χ4n) is 4.10. The van der Waals surface area contributed by atoms with E-state index in [2.05, 4.69) is 32.4 Å². The van der Waals surface area contributed by atoms with E-state index in [9.17, 15) is 22.4 Å². The van der Waals surface area contributed by atoms with Gasteiger partial charge in [0.2, 0.25) is 5.82 Å². The molecule has 206 valence electrons. The average Bonchev–Trinajstić information content (AvgIpc) is 3.51. The Balaban J connectivity index is 1.29. The molecule has 0 saturated carbocycles. The molecule has 1 aliphatic heterocycles. The van der Waals surface area contributed by atoms with E-state index in [1.807, 2.05) is 11.0 Å². The largest absolute Gasteiger partial charge is 0.461 e. The molecule has 10 nitrogen and oxygen atoms in total. The lowest BCUT2D eigenvalue weighted by atomic mass is 10.2. The molecule has 0 bridgehead atoms. The third-order valence-electron chi connectivity index (χ3n) is 5.83. The molecule has 0 atom stereocenters. The molecule has 0 saturated heterocycles. The zero-order valence-electron chi connectivity index (χ0n) is 20.7. The van der Waals surface area contributed by atoms with E-state index in [-0.39, 0.29) is 50.4 Å². The van der Waals surface area contributed by atoms with Crippen LogP contribution in [0.15, 0.2) is 30.3 Å². The van der Waals surface area contributed by atoms with Crippen LogP contribution in [0.2, 0.25) is 0 Å². The second-order valence-electron chi connectivity index (χ2n) is 8.64. The highest BCUT2D eigenvalue weighted by Crippen LogP contribution is 2.35. The number of nitrogens with one attached hydrogen (secondary N) is 1. The van der Waals surface area contributed by atoms with Crippen molar-refractivity contribution in [1.29, 1.82) is 0 Å². The lowest BCUT2D eigenvalue weighted by Crippen LogP contribution is -2.36. The van der Waals surface area contributed by atoms with Gasteiger partial charge in [0.15, 0.2) is 5.82 Å². The number of anilines is 1. The number of carbonyl (C=O) groups excluding carboxylic acids is 1. The molecule has 15 heteroatoms. The zero-order valence-corrected chi connectivity index (χ0v) is 21.5. The number of amides is 1. The van der Waals surface area contributed by atoms with Crippen molar-refractivity contribution in [3.63, 3.8) is 0 Å². The Morgan fingerprint density at radius 2 is 1.95 bits per heavy atom. The molecule has 0 fully saturated rings. The molecule has 1 N–H and O–H groups in total. The van der Waals surface area contributed by atoms with Crippen LogP contribution in [0.5, 0.6) is 11.8 Å². The maximum atomic E-state index is 13.3. The second kappa shape index (κ2) is 11.0. The van der Waals surface area contributed by atoms with Crippen molar-refractivity contribution >= 4 is 33.5 Å². The number of fused-ring (bicyclic) bond motifs is 2. The molecule has 1 amide bonds. The van der Waals surface area contributed by atoms with Crippen LogP contribution in [0.25, 0.3) is 10.2 Å². The normalized spacial score (nSPS) is 13.4. The number of halogens is 4. The van der Waals surface area contributed by atoms with E-state index in [0.717, 1.165) is 27.7 Å². The molecule has 0 aliphatic carbocycles. The fraction of sp³-hybridized carbons (Fsp3) is 0.375. The fourth-order valence-corrected chi connectivity index (χ4v) is 5.22. The highest BCUT2D eigenvalue weighted by Gasteiger charge is 2.39. The van der Waals surface area contributed by atoms with Crippen LogP contribution in [0.4, 0.5) is 28.2 Å². The topological polar surface area (TPSA) is 107 Å². The molecule has 4 aromatic rings. The smallest absolute Gasteiger partial charge is 0.451 e. The number of hydrogen-bond acceptors (Lipinski definition) is 9. The lowest BCUT2D eigenvalue weighted by Gasteiger charge is -2.29. The van der Waals surface area contributed by atoms with Gasteiger partial charge in [-0.25, -0.2) is 9.18 Å². The first-order valence-electron chi connectivity index (χ1n) is 12.1. The minimum Gasteiger partial charge on any atom is -0.461 e. The summed E-state index contributed by atoms with van der Waals surface area (Å²) in [6, 6.07) is 7.08. The summed E-state index contributed by atoms with van der Waals surface area (Å²) in [5.41, 5.74) is 0. The predicted octanol–water partition coefficient (Wildman–Crippen LogP) is 4.58. The monoisotopic (exact) mass is 565 g/mol. The Morgan fingerprint density at radius 1 is 1.15 bits per heavy atom. The van der Waals surface area contributed by atoms with E-state index in [1.54, 1.807) is 0 Å². The van der Waals surface area contributed by atoms with Crippen LogP contribution in [0.3, 0.4) is 0 Å². The Morgan fingerprint density at radius 3 is 2.69 bits per heavy atom. The first-order valence-corrected chi connectivity index (χ1v) is 12.9. The number of hydrogen-bond donors (Lipinski definition) is 1. The van der Waals surface area contributed by atoms with Crippen molar-refractivity contribution in [3.8, 4) is 11.8 Å². The first-order chi connectivity index (χ1) is 18.7. The van der Waals surface area contributed by atoms with E-state index in [4.69, 9.17) is 9.47 Å². The zero-order chi connectivity index (χ0) is 27.6.